The average molecular weight is 415 g/mol. The second kappa shape index (κ2) is 8.66. The van der Waals surface area contributed by atoms with Crippen LogP contribution in [0.5, 0.6) is 0 Å². The Bertz CT molecular complexity index is 759. The van der Waals surface area contributed by atoms with Crippen LogP contribution in [0.1, 0.15) is 84.2 Å². The molecule has 0 saturated carbocycles. The minimum atomic E-state index is 0.0508. The topological polar surface area (TPSA) is 82.1 Å². The van der Waals surface area contributed by atoms with E-state index in [2.05, 4.69) is 60.6 Å². The first-order chi connectivity index (χ1) is 14.0. The van der Waals surface area contributed by atoms with Gasteiger partial charge in [-0.15, -0.1) is 0 Å². The van der Waals surface area contributed by atoms with Gasteiger partial charge in [-0.2, -0.15) is 0 Å². The van der Waals surface area contributed by atoms with Crippen LogP contribution in [0, 0.1) is 10.8 Å². The maximum atomic E-state index is 5.97. The van der Waals surface area contributed by atoms with Crippen molar-refractivity contribution in [1.29, 1.82) is 0 Å². The number of aliphatic imine (C=N–C) groups is 2. The summed E-state index contributed by atoms with van der Waals surface area (Å²) in [6.07, 6.45) is 2.01. The van der Waals surface area contributed by atoms with E-state index in [1.165, 1.54) is 5.56 Å². The molecule has 0 radical (unpaired) electrons. The van der Waals surface area contributed by atoms with Crippen molar-refractivity contribution >= 4 is 11.8 Å². The van der Waals surface area contributed by atoms with Gasteiger partial charge in [0.25, 0.3) is 0 Å². The van der Waals surface area contributed by atoms with Crippen molar-refractivity contribution in [1.82, 2.24) is 4.98 Å². The van der Waals surface area contributed by atoms with E-state index in [1.54, 1.807) is 0 Å². The van der Waals surface area contributed by atoms with Gasteiger partial charge in [-0.05, 0) is 53.8 Å². The zero-order valence-corrected chi connectivity index (χ0v) is 19.7. The number of aromatic nitrogens is 1. The third kappa shape index (κ3) is 5.20. The Morgan fingerprint density at radius 2 is 1.40 bits per heavy atom. The van der Waals surface area contributed by atoms with Crippen LogP contribution in [0.3, 0.4) is 0 Å². The first-order valence-electron chi connectivity index (χ1n) is 11.1. The minimum Gasteiger partial charge on any atom is -0.474 e. The van der Waals surface area contributed by atoms with E-state index in [9.17, 15) is 0 Å². The van der Waals surface area contributed by atoms with Crippen molar-refractivity contribution in [3.8, 4) is 0 Å². The molecule has 0 aliphatic carbocycles. The van der Waals surface area contributed by atoms with Gasteiger partial charge in [-0.25, -0.2) is 15.0 Å². The molecular weight excluding hydrogens is 376 g/mol. The lowest BCUT2D eigenvalue weighted by Crippen LogP contribution is -2.25. The minimum absolute atomic E-state index is 0.0508. The van der Waals surface area contributed by atoms with Gasteiger partial charge >= 0.3 is 0 Å². The molecule has 0 fully saturated rings. The molecule has 3 atom stereocenters. The van der Waals surface area contributed by atoms with Gasteiger partial charge in [0.2, 0.25) is 11.8 Å². The van der Waals surface area contributed by atoms with Crippen LogP contribution in [-0.4, -0.2) is 48.6 Å². The maximum absolute atomic E-state index is 5.97. The fourth-order valence-corrected chi connectivity index (χ4v) is 3.56. The van der Waals surface area contributed by atoms with E-state index in [4.69, 9.17) is 30.2 Å². The quantitative estimate of drug-likeness (QED) is 0.752. The van der Waals surface area contributed by atoms with Crippen LogP contribution in [0.2, 0.25) is 0 Å². The van der Waals surface area contributed by atoms with Crippen molar-refractivity contribution in [2.24, 2.45) is 26.5 Å². The highest BCUT2D eigenvalue weighted by Gasteiger charge is 2.33. The molecule has 3 heterocycles. The fraction of sp³-hybridized carbons (Fsp3) is 0.708. The van der Waals surface area contributed by atoms with E-state index in [0.29, 0.717) is 37.5 Å². The zero-order valence-electron chi connectivity index (χ0n) is 19.7. The molecule has 0 saturated heterocycles. The molecule has 1 aromatic heterocycles. The summed E-state index contributed by atoms with van der Waals surface area (Å²) in [7, 11) is 0. The normalized spacial score (nSPS) is 22.9. The Morgan fingerprint density at radius 1 is 0.933 bits per heavy atom. The molecule has 2 aliphatic rings. The zero-order chi connectivity index (χ0) is 22.1. The largest absolute Gasteiger partial charge is 0.474 e. The Hall–Kier alpha value is -1.95. The molecule has 6 heteroatoms. The number of hydrogen-bond acceptors (Lipinski definition) is 6. The molecule has 0 aromatic carbocycles. The first kappa shape index (κ1) is 22.7. The summed E-state index contributed by atoms with van der Waals surface area (Å²) >= 11 is 0. The third-order valence-corrected chi connectivity index (χ3v) is 6.00. The van der Waals surface area contributed by atoms with Crippen LogP contribution in [0.4, 0.5) is 0 Å². The molecule has 3 unspecified atom stereocenters. The molecule has 0 spiro atoms. The van der Waals surface area contributed by atoms with Gasteiger partial charge < -0.3 is 15.2 Å². The van der Waals surface area contributed by atoms with E-state index in [1.807, 2.05) is 0 Å². The Balaban J connectivity index is 1.98. The molecule has 0 amide bonds. The first-order valence-corrected chi connectivity index (χ1v) is 11.1. The summed E-state index contributed by atoms with van der Waals surface area (Å²) in [5.74, 6) is 1.60. The van der Waals surface area contributed by atoms with Crippen molar-refractivity contribution in [2.75, 3.05) is 19.8 Å². The summed E-state index contributed by atoms with van der Waals surface area (Å²) in [6, 6.07) is 4.46. The number of hydrogen-bond donors (Lipinski definition) is 1. The van der Waals surface area contributed by atoms with Crippen molar-refractivity contribution in [3.63, 3.8) is 0 Å². The molecule has 6 nitrogen and oxygen atoms in total. The van der Waals surface area contributed by atoms with Crippen molar-refractivity contribution < 1.29 is 9.47 Å². The summed E-state index contributed by atoms with van der Waals surface area (Å²) in [5, 5.41) is 0. The van der Waals surface area contributed by atoms with Gasteiger partial charge in [0.05, 0.1) is 12.1 Å². The summed E-state index contributed by atoms with van der Waals surface area (Å²) < 4.78 is 11.9. The number of pyridine rings is 1. The van der Waals surface area contributed by atoms with Crippen LogP contribution >= 0.6 is 0 Å². The van der Waals surface area contributed by atoms with E-state index >= 15 is 0 Å². The standard InChI is InChI=1S/C24H38N4O2/c1-15(9-8-10-25)16-11-17(21-27-19(13-29-21)23(2,3)4)26-18(12-16)22-28-20(14-30-22)24(5,6)7/h11-12,15,19-20H,8-10,13-14,25H2,1-7H3. The molecule has 2 N–H and O–H groups in total. The fourth-order valence-electron chi connectivity index (χ4n) is 3.56. The van der Waals surface area contributed by atoms with Gasteiger partial charge in [0.1, 0.15) is 24.6 Å². The number of nitrogens with two attached hydrogens (primary N) is 1. The predicted molar refractivity (Wildman–Crippen MR) is 122 cm³/mol. The monoisotopic (exact) mass is 414 g/mol. The second-order valence-corrected chi connectivity index (χ2v) is 10.8. The summed E-state index contributed by atoms with van der Waals surface area (Å²) in [5.41, 5.74) is 8.56. The van der Waals surface area contributed by atoms with E-state index in [-0.39, 0.29) is 22.9 Å². The van der Waals surface area contributed by atoms with E-state index in [0.717, 1.165) is 24.2 Å². The lowest BCUT2D eigenvalue weighted by Gasteiger charge is -2.21. The second-order valence-electron chi connectivity index (χ2n) is 10.8. The highest BCUT2D eigenvalue weighted by atomic mass is 16.5. The SMILES string of the molecule is CC(CCCN)c1cc(C2=NC(C(C)(C)C)CO2)nc(C2=NC(C(C)(C)C)CO2)c1. The van der Waals surface area contributed by atoms with Crippen LogP contribution < -0.4 is 5.73 Å². The van der Waals surface area contributed by atoms with Gasteiger partial charge in [-0.1, -0.05) is 48.5 Å². The molecule has 0 bridgehead atoms. The van der Waals surface area contributed by atoms with Gasteiger partial charge in [0, 0.05) is 0 Å². The smallest absolute Gasteiger partial charge is 0.235 e. The highest BCUT2D eigenvalue weighted by Crippen LogP contribution is 2.30. The molecular formula is C24H38N4O2. The number of nitrogens with zero attached hydrogens (tertiary/aromatic N) is 3. The highest BCUT2D eigenvalue weighted by molar-refractivity contribution is 5.97. The van der Waals surface area contributed by atoms with Gasteiger partial charge in [0.15, 0.2) is 0 Å². The summed E-state index contributed by atoms with van der Waals surface area (Å²) in [4.78, 5) is 14.5. The predicted octanol–water partition coefficient (Wildman–Crippen LogP) is 4.31. The van der Waals surface area contributed by atoms with Crippen molar-refractivity contribution in [2.45, 2.75) is 79.3 Å². The average Bonchev–Trinajstić information content (AvgIpc) is 3.34. The summed E-state index contributed by atoms with van der Waals surface area (Å²) in [6.45, 7) is 17.2. The molecule has 1 aromatic rings. The maximum Gasteiger partial charge on any atom is 0.235 e. The Kier molecular flexibility index (Phi) is 6.56. The lowest BCUT2D eigenvalue weighted by atomic mass is 9.88. The Labute approximate surface area is 181 Å². The number of rotatable bonds is 6. The third-order valence-electron chi connectivity index (χ3n) is 6.00. The van der Waals surface area contributed by atoms with Crippen LogP contribution in [-0.2, 0) is 9.47 Å². The van der Waals surface area contributed by atoms with E-state index < -0.39 is 0 Å². The molecule has 2 aliphatic heterocycles. The van der Waals surface area contributed by atoms with Crippen LogP contribution in [0.15, 0.2) is 22.1 Å². The molecule has 3 rings (SSSR count). The van der Waals surface area contributed by atoms with Crippen LogP contribution in [0.25, 0.3) is 0 Å². The molecule has 30 heavy (non-hydrogen) atoms. The van der Waals surface area contributed by atoms with Crippen molar-refractivity contribution in [3.05, 3.63) is 29.1 Å². The molecule has 166 valence electrons. The lowest BCUT2D eigenvalue weighted by molar-refractivity contribution is 0.235. The Morgan fingerprint density at radius 3 is 1.77 bits per heavy atom. The number of ether oxygens (including phenoxy) is 2. The van der Waals surface area contributed by atoms with Gasteiger partial charge in [-0.3, -0.25) is 0 Å².